The molecule has 0 atom stereocenters. The summed E-state index contributed by atoms with van der Waals surface area (Å²) in [7, 11) is 0. The number of nitrogens with zero attached hydrogens (tertiary/aromatic N) is 4. The fraction of sp³-hybridized carbons (Fsp3) is 0.417. The maximum atomic E-state index is 8.87. The minimum absolute atomic E-state index is 0.440. The summed E-state index contributed by atoms with van der Waals surface area (Å²) in [6, 6.07) is 3.77. The van der Waals surface area contributed by atoms with Crippen LogP contribution in [0.2, 0.25) is 0 Å². The van der Waals surface area contributed by atoms with E-state index in [0.29, 0.717) is 11.6 Å². The Morgan fingerprint density at radius 1 is 1.38 bits per heavy atom. The summed E-state index contributed by atoms with van der Waals surface area (Å²) in [5.41, 5.74) is 2.61. The molecule has 0 aliphatic carbocycles. The molecule has 0 saturated heterocycles. The molecule has 1 aliphatic heterocycles. The van der Waals surface area contributed by atoms with Crippen molar-refractivity contribution >= 4 is 5.95 Å². The maximum absolute atomic E-state index is 8.87. The van der Waals surface area contributed by atoms with Gasteiger partial charge in [-0.15, -0.1) is 0 Å². The third-order valence-electron chi connectivity index (χ3n) is 2.57. The van der Waals surface area contributed by atoms with Crippen molar-refractivity contribution < 1.29 is 0 Å². The highest BCUT2D eigenvalue weighted by atomic mass is 15.3. The van der Waals surface area contributed by atoms with E-state index >= 15 is 0 Å². The van der Waals surface area contributed by atoms with Crippen LogP contribution in [-0.2, 0) is 0 Å². The molecule has 0 radical (unpaired) electrons. The Labute approximate surface area is 95.2 Å². The quantitative estimate of drug-likeness (QED) is 0.669. The normalized spacial score (nSPS) is 15.6. The lowest BCUT2D eigenvalue weighted by Crippen LogP contribution is -2.31. The molecule has 0 saturated carbocycles. The van der Waals surface area contributed by atoms with E-state index in [4.69, 9.17) is 5.26 Å². The molecule has 82 valence electrons. The largest absolute Gasteiger partial charge is 0.336 e. The lowest BCUT2D eigenvalue weighted by molar-refractivity contribution is 0.757. The van der Waals surface area contributed by atoms with E-state index in [1.54, 1.807) is 6.07 Å². The van der Waals surface area contributed by atoms with Crippen molar-refractivity contribution in [1.29, 1.82) is 5.26 Å². The van der Waals surface area contributed by atoms with Crippen molar-refractivity contribution in [2.24, 2.45) is 0 Å². The highest BCUT2D eigenvalue weighted by Crippen LogP contribution is 2.16. The lowest BCUT2D eigenvalue weighted by atomic mass is 10.1. The second-order valence-electron chi connectivity index (χ2n) is 4.07. The molecule has 4 heteroatoms. The van der Waals surface area contributed by atoms with E-state index in [9.17, 15) is 0 Å². The average molecular weight is 214 g/mol. The van der Waals surface area contributed by atoms with E-state index in [1.165, 1.54) is 5.57 Å². The van der Waals surface area contributed by atoms with Gasteiger partial charge in [-0.05, 0) is 26.3 Å². The van der Waals surface area contributed by atoms with Crippen LogP contribution in [0.5, 0.6) is 0 Å². The van der Waals surface area contributed by atoms with Crippen molar-refractivity contribution in [3.63, 3.8) is 0 Å². The van der Waals surface area contributed by atoms with Gasteiger partial charge in [-0.2, -0.15) is 5.26 Å². The van der Waals surface area contributed by atoms with Gasteiger partial charge in [0.15, 0.2) is 0 Å². The highest BCUT2D eigenvalue weighted by molar-refractivity contribution is 5.38. The van der Waals surface area contributed by atoms with Crippen LogP contribution in [0.4, 0.5) is 5.95 Å². The monoisotopic (exact) mass is 214 g/mol. The Bertz CT molecular complexity index is 470. The SMILES string of the molecule is CC1=CCCN(c2nc(C)cc(C#N)n2)C1. The Morgan fingerprint density at radius 2 is 2.19 bits per heavy atom. The third kappa shape index (κ3) is 2.19. The first kappa shape index (κ1) is 10.6. The molecule has 0 spiro atoms. The molecule has 0 aromatic carbocycles. The topological polar surface area (TPSA) is 52.8 Å². The van der Waals surface area contributed by atoms with Gasteiger partial charge in [-0.25, -0.2) is 9.97 Å². The zero-order valence-corrected chi connectivity index (χ0v) is 9.56. The van der Waals surface area contributed by atoms with Crippen LogP contribution in [0.15, 0.2) is 17.7 Å². The molecule has 16 heavy (non-hydrogen) atoms. The first-order chi connectivity index (χ1) is 7.69. The molecule has 1 aromatic heterocycles. The molecule has 0 N–H and O–H groups in total. The first-order valence-corrected chi connectivity index (χ1v) is 5.35. The van der Waals surface area contributed by atoms with Crippen molar-refractivity contribution in [3.05, 3.63) is 29.1 Å². The minimum atomic E-state index is 0.440. The molecule has 0 unspecified atom stereocenters. The summed E-state index contributed by atoms with van der Waals surface area (Å²) in [5.74, 6) is 0.670. The molecule has 0 bridgehead atoms. The summed E-state index contributed by atoms with van der Waals surface area (Å²) in [4.78, 5) is 10.7. The predicted molar refractivity (Wildman–Crippen MR) is 62.1 cm³/mol. The Kier molecular flexibility index (Phi) is 2.86. The van der Waals surface area contributed by atoms with Gasteiger partial charge in [-0.3, -0.25) is 0 Å². The number of anilines is 1. The van der Waals surface area contributed by atoms with Gasteiger partial charge in [0, 0.05) is 18.8 Å². The van der Waals surface area contributed by atoms with Crippen LogP contribution < -0.4 is 4.90 Å². The number of hydrogen-bond donors (Lipinski definition) is 0. The number of aromatic nitrogens is 2. The smallest absolute Gasteiger partial charge is 0.227 e. The summed E-state index contributed by atoms with van der Waals surface area (Å²) >= 11 is 0. The van der Waals surface area contributed by atoms with Gasteiger partial charge in [-0.1, -0.05) is 11.6 Å². The zero-order chi connectivity index (χ0) is 11.5. The summed E-state index contributed by atoms with van der Waals surface area (Å²) in [6.07, 6.45) is 3.25. The standard InChI is InChI=1S/C12H14N4/c1-9-4-3-5-16(8-9)12-14-10(2)6-11(7-13)15-12/h4,6H,3,5,8H2,1-2H3. The number of aryl methyl sites for hydroxylation is 1. The molecule has 0 amide bonds. The first-order valence-electron chi connectivity index (χ1n) is 5.35. The van der Waals surface area contributed by atoms with Gasteiger partial charge >= 0.3 is 0 Å². The van der Waals surface area contributed by atoms with Crippen molar-refractivity contribution in [2.45, 2.75) is 20.3 Å². The molecular formula is C12H14N4. The van der Waals surface area contributed by atoms with E-state index in [2.05, 4.69) is 33.9 Å². The molecule has 2 heterocycles. The summed E-state index contributed by atoms with van der Waals surface area (Å²) in [6.45, 7) is 5.77. The molecule has 1 aromatic rings. The Morgan fingerprint density at radius 3 is 2.88 bits per heavy atom. The maximum Gasteiger partial charge on any atom is 0.227 e. The van der Waals surface area contributed by atoms with Crippen molar-refractivity contribution in [3.8, 4) is 6.07 Å². The number of nitriles is 1. The lowest BCUT2D eigenvalue weighted by Gasteiger charge is -2.26. The van der Waals surface area contributed by atoms with Crippen LogP contribution in [-0.4, -0.2) is 23.1 Å². The van der Waals surface area contributed by atoms with Crippen molar-refractivity contribution in [1.82, 2.24) is 9.97 Å². The van der Waals surface area contributed by atoms with Crippen LogP contribution in [0, 0.1) is 18.3 Å². The fourth-order valence-electron chi connectivity index (χ4n) is 1.83. The van der Waals surface area contributed by atoms with Crippen LogP contribution >= 0.6 is 0 Å². The third-order valence-corrected chi connectivity index (χ3v) is 2.57. The van der Waals surface area contributed by atoms with Gasteiger partial charge < -0.3 is 4.90 Å². The Balaban J connectivity index is 2.30. The molecular weight excluding hydrogens is 200 g/mol. The van der Waals surface area contributed by atoms with E-state index in [-0.39, 0.29) is 0 Å². The summed E-state index contributed by atoms with van der Waals surface area (Å²) < 4.78 is 0. The highest BCUT2D eigenvalue weighted by Gasteiger charge is 2.14. The van der Waals surface area contributed by atoms with Gasteiger partial charge in [0.2, 0.25) is 5.95 Å². The molecule has 4 nitrogen and oxygen atoms in total. The minimum Gasteiger partial charge on any atom is -0.336 e. The number of rotatable bonds is 1. The van der Waals surface area contributed by atoms with E-state index < -0.39 is 0 Å². The summed E-state index contributed by atoms with van der Waals surface area (Å²) in [5, 5.41) is 8.87. The van der Waals surface area contributed by atoms with Crippen LogP contribution in [0.25, 0.3) is 0 Å². The molecule has 0 fully saturated rings. The van der Waals surface area contributed by atoms with Gasteiger partial charge in [0.1, 0.15) is 11.8 Å². The van der Waals surface area contributed by atoms with E-state index in [1.807, 2.05) is 6.92 Å². The average Bonchev–Trinajstić information content (AvgIpc) is 2.28. The van der Waals surface area contributed by atoms with Gasteiger partial charge in [0.05, 0.1) is 0 Å². The Hall–Kier alpha value is -1.89. The van der Waals surface area contributed by atoms with Gasteiger partial charge in [0.25, 0.3) is 0 Å². The van der Waals surface area contributed by atoms with Crippen LogP contribution in [0.3, 0.4) is 0 Å². The van der Waals surface area contributed by atoms with Crippen LogP contribution in [0.1, 0.15) is 24.7 Å². The molecule has 2 rings (SSSR count). The second-order valence-corrected chi connectivity index (χ2v) is 4.07. The predicted octanol–water partition coefficient (Wildman–Crippen LogP) is 1.81. The van der Waals surface area contributed by atoms with Crippen molar-refractivity contribution in [2.75, 3.05) is 18.0 Å². The fourth-order valence-corrected chi connectivity index (χ4v) is 1.83. The second kappa shape index (κ2) is 4.31. The van der Waals surface area contributed by atoms with E-state index in [0.717, 1.165) is 25.2 Å². The number of hydrogen-bond acceptors (Lipinski definition) is 4. The molecule has 1 aliphatic rings. The zero-order valence-electron chi connectivity index (χ0n) is 9.56.